The van der Waals surface area contributed by atoms with E-state index >= 15 is 0 Å². The van der Waals surface area contributed by atoms with Crippen LogP contribution in [0.2, 0.25) is 0 Å². The van der Waals surface area contributed by atoms with E-state index in [1.165, 1.54) is 51.4 Å². The molecule has 0 spiro atoms. The van der Waals surface area contributed by atoms with Gasteiger partial charge in [-0.1, -0.05) is 103 Å². The third-order valence-corrected chi connectivity index (χ3v) is 11.1. The predicted molar refractivity (Wildman–Crippen MR) is 190 cm³/mol. The number of carbonyl (C=O) groups excluding carboxylic acids is 2. The zero-order valence-electron chi connectivity index (χ0n) is 29.9. The number of rotatable bonds is 29. The van der Waals surface area contributed by atoms with Crippen LogP contribution in [0.1, 0.15) is 123 Å². The Hall–Kier alpha value is -0.300. The first-order chi connectivity index (χ1) is 24.3. The van der Waals surface area contributed by atoms with Crippen LogP contribution in [0.3, 0.4) is 0 Å². The molecule has 1 aliphatic carbocycles. The van der Waals surface area contributed by atoms with E-state index in [1.54, 1.807) is 0 Å². The molecule has 0 amide bonds. The maximum Gasteiger partial charge on any atom is 0.472 e. The fourth-order valence-electron chi connectivity index (χ4n) is 5.50. The number of hydrogen-bond acceptors (Lipinski definition) is 14. The minimum atomic E-state index is -5.56. The zero-order valence-corrected chi connectivity index (χ0v) is 33.4. The Morgan fingerprint density at radius 2 is 1.08 bits per heavy atom. The highest BCUT2D eigenvalue weighted by Gasteiger charge is 2.56. The van der Waals surface area contributed by atoms with Gasteiger partial charge in [-0.2, -0.15) is 0 Å². The Morgan fingerprint density at radius 1 is 0.615 bits per heavy atom. The fourth-order valence-corrected chi connectivity index (χ4v) is 8.56. The largest absolute Gasteiger partial charge is 0.472 e. The van der Waals surface area contributed by atoms with Crippen LogP contribution < -0.4 is 0 Å². The van der Waals surface area contributed by atoms with Crippen LogP contribution in [-0.4, -0.2) is 106 Å². The first kappa shape index (κ1) is 49.7. The van der Waals surface area contributed by atoms with Crippen molar-refractivity contribution in [1.82, 2.24) is 0 Å². The Labute approximate surface area is 309 Å². The summed E-state index contributed by atoms with van der Waals surface area (Å²) in [5, 5.41) is 31.4. The van der Waals surface area contributed by atoms with Crippen molar-refractivity contribution in [3.63, 3.8) is 0 Å². The fraction of sp³-hybridized carbons (Fsp3) is 0.933. The molecule has 1 fully saturated rings. The monoisotopic (exact) mass is 832 g/mol. The molecule has 1 saturated carbocycles. The molecule has 8 N–H and O–H groups in total. The molecule has 22 heteroatoms. The molecule has 0 aromatic heterocycles. The molecule has 0 heterocycles. The van der Waals surface area contributed by atoms with E-state index in [1.807, 2.05) is 6.92 Å². The zero-order chi connectivity index (χ0) is 39.4. The number of carbonyl (C=O) groups is 2. The lowest BCUT2D eigenvalue weighted by molar-refractivity contribution is -0.213. The van der Waals surface area contributed by atoms with Crippen LogP contribution in [0.4, 0.5) is 0 Å². The SMILES string of the molecule is CCCCCCCCCCCCCCCC(=O)O[C@H](CCSC(=O)CCC)COP(=O)(O)OC1C(O)[C@H](O)[C@@H](OP(=O)(O)O)[C@@H](OP(=O)(O)O)C1O. The van der Waals surface area contributed by atoms with Gasteiger partial charge >= 0.3 is 29.4 Å². The summed E-state index contributed by atoms with van der Waals surface area (Å²) in [6.07, 6.45) is -0.289. The van der Waals surface area contributed by atoms with Gasteiger partial charge in [0.25, 0.3) is 0 Å². The molecule has 0 saturated heterocycles. The molecule has 52 heavy (non-hydrogen) atoms. The Morgan fingerprint density at radius 3 is 1.56 bits per heavy atom. The van der Waals surface area contributed by atoms with Crippen LogP contribution in [0, 0.1) is 0 Å². The Kier molecular flexibility index (Phi) is 24.6. The minimum Gasteiger partial charge on any atom is -0.460 e. The number of aliphatic hydroxyl groups excluding tert-OH is 3. The number of hydrogen-bond donors (Lipinski definition) is 8. The molecule has 0 aromatic carbocycles. The van der Waals surface area contributed by atoms with E-state index in [4.69, 9.17) is 23.6 Å². The van der Waals surface area contributed by atoms with Gasteiger partial charge in [-0.15, -0.1) is 0 Å². The van der Waals surface area contributed by atoms with Gasteiger partial charge in [0, 0.05) is 18.6 Å². The van der Waals surface area contributed by atoms with E-state index in [-0.39, 0.29) is 23.7 Å². The topological polar surface area (TPSA) is 293 Å². The quantitative estimate of drug-likeness (QED) is 0.0295. The van der Waals surface area contributed by atoms with Crippen molar-refractivity contribution >= 4 is 46.3 Å². The van der Waals surface area contributed by atoms with Gasteiger partial charge in [0.1, 0.15) is 42.7 Å². The van der Waals surface area contributed by atoms with Crippen molar-refractivity contribution in [3.05, 3.63) is 0 Å². The van der Waals surface area contributed by atoms with Gasteiger partial charge in [0.2, 0.25) is 0 Å². The highest BCUT2D eigenvalue weighted by molar-refractivity contribution is 8.13. The number of phosphoric acid groups is 3. The third-order valence-electron chi connectivity index (χ3n) is 8.16. The van der Waals surface area contributed by atoms with Crippen LogP contribution >= 0.6 is 35.2 Å². The number of unbranched alkanes of at least 4 members (excludes halogenated alkanes) is 12. The molecule has 18 nitrogen and oxygen atoms in total. The number of esters is 1. The summed E-state index contributed by atoms with van der Waals surface area (Å²) in [6, 6.07) is 0. The van der Waals surface area contributed by atoms with Crippen molar-refractivity contribution in [3.8, 4) is 0 Å². The highest BCUT2D eigenvalue weighted by atomic mass is 32.2. The molecule has 4 unspecified atom stereocenters. The second kappa shape index (κ2) is 25.8. The van der Waals surface area contributed by atoms with Crippen molar-refractivity contribution in [2.45, 2.75) is 166 Å². The Bertz CT molecular complexity index is 1170. The summed E-state index contributed by atoms with van der Waals surface area (Å²) in [6.45, 7) is 3.28. The number of thioether (sulfide) groups is 1. The van der Waals surface area contributed by atoms with Gasteiger partial charge in [-0.05, 0) is 19.3 Å². The Balaban J connectivity index is 2.75. The van der Waals surface area contributed by atoms with Crippen LogP contribution in [-0.2, 0) is 46.1 Å². The van der Waals surface area contributed by atoms with Gasteiger partial charge < -0.3 is 44.5 Å². The summed E-state index contributed by atoms with van der Waals surface area (Å²) in [5.74, 6) is -0.436. The number of ether oxygens (including phenoxy) is 1. The van der Waals surface area contributed by atoms with Gasteiger partial charge in [-0.25, -0.2) is 13.7 Å². The molecule has 0 radical (unpaired) electrons. The molecule has 308 valence electrons. The normalized spacial score (nSPS) is 24.3. The van der Waals surface area contributed by atoms with Gasteiger partial charge in [-0.3, -0.25) is 27.7 Å². The average molecular weight is 833 g/mol. The molecule has 0 bridgehead atoms. The lowest BCUT2D eigenvalue weighted by Crippen LogP contribution is -2.65. The van der Waals surface area contributed by atoms with Crippen molar-refractivity contribution in [1.29, 1.82) is 0 Å². The van der Waals surface area contributed by atoms with E-state index in [9.17, 15) is 53.3 Å². The van der Waals surface area contributed by atoms with E-state index in [0.29, 0.717) is 19.3 Å². The maximum absolute atomic E-state index is 12.9. The molecule has 8 atom stereocenters. The summed E-state index contributed by atoms with van der Waals surface area (Å²) >= 11 is 0.978. The molecular formula is C30H59O18P3S. The smallest absolute Gasteiger partial charge is 0.460 e. The van der Waals surface area contributed by atoms with Crippen LogP contribution in [0.5, 0.6) is 0 Å². The summed E-state index contributed by atoms with van der Waals surface area (Å²) in [4.78, 5) is 71.8. The van der Waals surface area contributed by atoms with Crippen molar-refractivity contribution in [2.24, 2.45) is 0 Å². The van der Waals surface area contributed by atoms with E-state index in [2.05, 4.69) is 16.0 Å². The standard InChI is InChI=1S/C30H59O18P3S/c1-3-5-6-7-8-9-10-11-12-13-14-15-16-18-23(31)45-22(19-20-52-24(32)17-4-2)21-44-51(42,43)48-28-25(33)26(34)29(46-49(36,37)38)30(27(28)35)47-50(39,40)41/h22,25-30,33-35H,3-21H2,1-2H3,(H,42,43)(H2,36,37,38)(H2,39,40,41)/t22-,25?,26+,27?,28?,29-,30+/m1/s1. The van der Waals surface area contributed by atoms with E-state index < -0.39 is 78.8 Å². The van der Waals surface area contributed by atoms with E-state index in [0.717, 1.165) is 37.4 Å². The average Bonchev–Trinajstić information content (AvgIpc) is 3.04. The lowest BCUT2D eigenvalue weighted by atomic mass is 9.85. The molecule has 1 rings (SSSR count). The van der Waals surface area contributed by atoms with Gasteiger partial charge in [0.15, 0.2) is 5.12 Å². The van der Waals surface area contributed by atoms with Crippen LogP contribution in [0.15, 0.2) is 0 Å². The summed E-state index contributed by atoms with van der Waals surface area (Å²) in [5.41, 5.74) is 0. The highest BCUT2D eigenvalue weighted by Crippen LogP contribution is 2.51. The minimum absolute atomic E-state index is 0.0252. The summed E-state index contributed by atoms with van der Waals surface area (Å²) in [7, 11) is -16.4. The second-order valence-corrected chi connectivity index (χ2v) is 17.7. The lowest BCUT2D eigenvalue weighted by Gasteiger charge is -2.44. The van der Waals surface area contributed by atoms with Gasteiger partial charge in [0.05, 0.1) is 6.61 Å². The van der Waals surface area contributed by atoms with Crippen molar-refractivity contribution in [2.75, 3.05) is 12.4 Å². The predicted octanol–water partition coefficient (Wildman–Crippen LogP) is 4.38. The van der Waals surface area contributed by atoms with Crippen LogP contribution in [0.25, 0.3) is 0 Å². The van der Waals surface area contributed by atoms with Crippen molar-refractivity contribution < 1.29 is 85.9 Å². The molecular weight excluding hydrogens is 773 g/mol. The first-order valence-corrected chi connectivity index (χ1v) is 23.4. The summed E-state index contributed by atoms with van der Waals surface area (Å²) < 4.78 is 59.6. The number of phosphoric ester groups is 3. The number of aliphatic hydroxyl groups is 3. The third kappa shape index (κ3) is 22.3. The molecule has 0 aromatic rings. The maximum atomic E-state index is 12.9. The second-order valence-electron chi connectivity index (χ2n) is 12.8. The molecule has 0 aliphatic heterocycles. The molecule has 1 aliphatic rings. The first-order valence-electron chi connectivity index (χ1n) is 17.8.